The van der Waals surface area contributed by atoms with Gasteiger partial charge in [-0.2, -0.15) is 0 Å². The van der Waals surface area contributed by atoms with Crippen molar-refractivity contribution < 1.29 is 47.8 Å². The van der Waals surface area contributed by atoms with Crippen LogP contribution in [0.1, 0.15) is 168 Å². The number of aliphatic hydroxyl groups excluding tert-OH is 1. The summed E-state index contributed by atoms with van der Waals surface area (Å²) in [6, 6.07) is -1.54. The van der Waals surface area contributed by atoms with E-state index in [9.17, 15) is 34.1 Å². The van der Waals surface area contributed by atoms with Gasteiger partial charge in [0.2, 0.25) is 5.91 Å². The Kier molecular flexibility index (Phi) is 31.2. The molecule has 48 heavy (non-hydrogen) atoms. The molecule has 1 amide bonds. The topological polar surface area (TPSA) is 169 Å². The fraction of sp³-hybridized carbons (Fsp3) is 0.861. The summed E-state index contributed by atoms with van der Waals surface area (Å²) in [7, 11) is -4.74. The number of hydrogen-bond donors (Lipinski definition) is 4. The summed E-state index contributed by atoms with van der Waals surface area (Å²) in [6.07, 6.45) is 28.2. The van der Waals surface area contributed by atoms with Gasteiger partial charge in [-0.15, -0.1) is 0 Å². The molecule has 0 saturated carbocycles. The highest BCUT2D eigenvalue weighted by atomic mass is 31.2. The average molecular weight is 706 g/mol. The smallest absolute Gasteiger partial charge is 0.472 e. The maximum atomic E-state index is 12.2. The fourth-order valence-corrected chi connectivity index (χ4v) is 5.85. The molecule has 12 heteroatoms. The van der Waals surface area contributed by atoms with Crippen LogP contribution in [0.3, 0.4) is 0 Å². The van der Waals surface area contributed by atoms with E-state index in [4.69, 9.17) is 13.8 Å². The lowest BCUT2D eigenvalue weighted by atomic mass is 10.1. The number of unbranched alkanes of at least 4 members (excludes halogenated alkanes) is 19. The number of phosphoric ester groups is 1. The van der Waals surface area contributed by atoms with E-state index in [1.807, 2.05) is 0 Å². The van der Waals surface area contributed by atoms with Crippen LogP contribution in [0.4, 0.5) is 0 Å². The van der Waals surface area contributed by atoms with E-state index in [1.54, 1.807) is 0 Å². The number of hydrogen-bond acceptors (Lipinski definition) is 8. The second-order valence-corrected chi connectivity index (χ2v) is 14.2. The lowest BCUT2D eigenvalue weighted by Gasteiger charge is -2.18. The third kappa shape index (κ3) is 31.5. The number of carboxylic acid groups (broad SMARTS) is 1. The van der Waals surface area contributed by atoms with Crippen LogP contribution in [-0.4, -0.2) is 64.9 Å². The maximum Gasteiger partial charge on any atom is 0.472 e. The van der Waals surface area contributed by atoms with Gasteiger partial charge < -0.3 is 25.2 Å². The summed E-state index contributed by atoms with van der Waals surface area (Å²) < 4.78 is 26.7. The Morgan fingerprint density at radius 3 is 1.60 bits per heavy atom. The molecule has 0 fully saturated rings. The van der Waals surface area contributed by atoms with Crippen molar-refractivity contribution in [2.75, 3.05) is 19.8 Å². The number of carbonyl (C=O) groups is 3. The van der Waals surface area contributed by atoms with E-state index in [-0.39, 0.29) is 12.8 Å². The van der Waals surface area contributed by atoms with Gasteiger partial charge in [0.05, 0.1) is 13.2 Å². The van der Waals surface area contributed by atoms with Crippen molar-refractivity contribution in [3.63, 3.8) is 0 Å². The maximum absolute atomic E-state index is 12.2. The molecule has 3 unspecified atom stereocenters. The van der Waals surface area contributed by atoms with Crippen LogP contribution >= 0.6 is 7.82 Å². The molecule has 0 aliphatic heterocycles. The Bertz CT molecular complexity index is 885. The number of carbonyl (C=O) groups excluding carboxylic acids is 2. The first kappa shape index (κ1) is 46.2. The van der Waals surface area contributed by atoms with E-state index in [0.717, 1.165) is 57.8 Å². The molecule has 0 rings (SSSR count). The molecule has 0 radical (unpaired) electrons. The minimum absolute atomic E-state index is 0.149. The zero-order chi connectivity index (χ0) is 35.7. The van der Waals surface area contributed by atoms with Gasteiger partial charge in [0.25, 0.3) is 0 Å². The van der Waals surface area contributed by atoms with Gasteiger partial charge in [0.15, 0.2) is 6.04 Å². The summed E-state index contributed by atoms with van der Waals surface area (Å²) in [6.45, 7) is 2.53. The Balaban J connectivity index is 3.98. The highest BCUT2D eigenvalue weighted by Crippen LogP contribution is 2.43. The summed E-state index contributed by atoms with van der Waals surface area (Å²) >= 11 is 0. The number of ether oxygens (including phenoxy) is 1. The van der Waals surface area contributed by atoms with Crippen molar-refractivity contribution in [1.29, 1.82) is 0 Å². The third-order valence-electron chi connectivity index (χ3n) is 8.05. The molecule has 0 heterocycles. The molecule has 0 spiro atoms. The Hall–Kier alpha value is -1.78. The quantitative estimate of drug-likeness (QED) is 0.0217. The number of amides is 1. The van der Waals surface area contributed by atoms with Gasteiger partial charge in [-0.05, 0) is 38.5 Å². The van der Waals surface area contributed by atoms with Crippen LogP contribution in [-0.2, 0) is 32.7 Å². The predicted octanol–water partition coefficient (Wildman–Crippen LogP) is 8.55. The van der Waals surface area contributed by atoms with Crippen molar-refractivity contribution in [1.82, 2.24) is 5.32 Å². The van der Waals surface area contributed by atoms with Crippen LogP contribution in [0.25, 0.3) is 0 Å². The van der Waals surface area contributed by atoms with Crippen molar-refractivity contribution in [3.05, 3.63) is 12.2 Å². The SMILES string of the molecule is CCCCCC/C=C\CCCCCCCC(=O)OCC(O)COP(=O)(O)OCC(NC(=O)CCCCCCCCCCCCC)C(=O)O. The van der Waals surface area contributed by atoms with E-state index >= 15 is 0 Å². The molecule has 282 valence electrons. The monoisotopic (exact) mass is 705 g/mol. The fourth-order valence-electron chi connectivity index (χ4n) is 5.07. The molecule has 0 aromatic heterocycles. The van der Waals surface area contributed by atoms with E-state index in [2.05, 4.69) is 31.3 Å². The number of aliphatic carboxylic acids is 1. The summed E-state index contributed by atoms with van der Waals surface area (Å²) in [4.78, 5) is 45.6. The Labute approximate surface area is 290 Å². The molecular weight excluding hydrogens is 637 g/mol. The standard InChI is InChI=1S/C36H68NO10P/c1-3-5-7-9-11-13-15-16-18-20-22-24-26-28-35(40)45-29-32(38)30-46-48(43,44)47-31-33(36(41)42)37-34(39)27-25-23-21-19-17-14-12-10-8-6-4-2/h13,15,32-33,38H,3-12,14,16-31H2,1-2H3,(H,37,39)(H,41,42)(H,43,44)/b15-13-. The minimum Gasteiger partial charge on any atom is -0.480 e. The highest BCUT2D eigenvalue weighted by Gasteiger charge is 2.28. The average Bonchev–Trinajstić information content (AvgIpc) is 3.05. The molecule has 3 atom stereocenters. The lowest BCUT2D eigenvalue weighted by Crippen LogP contribution is -2.43. The second-order valence-electron chi connectivity index (χ2n) is 12.8. The predicted molar refractivity (Wildman–Crippen MR) is 190 cm³/mol. The molecule has 0 bridgehead atoms. The van der Waals surface area contributed by atoms with Crippen molar-refractivity contribution in [2.45, 2.75) is 180 Å². The Morgan fingerprint density at radius 1 is 0.646 bits per heavy atom. The molecule has 4 N–H and O–H groups in total. The second kappa shape index (κ2) is 32.4. The number of carboxylic acids is 1. The van der Waals surface area contributed by atoms with Crippen LogP contribution in [0.15, 0.2) is 12.2 Å². The van der Waals surface area contributed by atoms with E-state index in [0.29, 0.717) is 12.8 Å². The number of allylic oxidation sites excluding steroid dienone is 2. The highest BCUT2D eigenvalue weighted by molar-refractivity contribution is 7.47. The van der Waals surface area contributed by atoms with Crippen molar-refractivity contribution >= 4 is 25.7 Å². The van der Waals surface area contributed by atoms with Gasteiger partial charge in [0, 0.05) is 12.8 Å². The van der Waals surface area contributed by atoms with Crippen LogP contribution in [0.2, 0.25) is 0 Å². The summed E-state index contributed by atoms with van der Waals surface area (Å²) in [5.74, 6) is -2.38. The molecule has 0 aliphatic carbocycles. The number of rotatable bonds is 35. The summed E-state index contributed by atoms with van der Waals surface area (Å²) in [5.41, 5.74) is 0. The normalized spacial score (nSPS) is 14.1. The number of esters is 1. The zero-order valence-corrected chi connectivity index (χ0v) is 30.9. The van der Waals surface area contributed by atoms with Crippen molar-refractivity contribution in [2.24, 2.45) is 0 Å². The lowest BCUT2D eigenvalue weighted by molar-refractivity contribution is -0.147. The molecular formula is C36H68NO10P. The van der Waals surface area contributed by atoms with Crippen LogP contribution < -0.4 is 5.32 Å². The van der Waals surface area contributed by atoms with Crippen LogP contribution in [0.5, 0.6) is 0 Å². The van der Waals surface area contributed by atoms with E-state index in [1.165, 1.54) is 70.6 Å². The van der Waals surface area contributed by atoms with Gasteiger partial charge in [0.1, 0.15) is 12.7 Å². The molecule has 0 aromatic rings. The minimum atomic E-state index is -4.74. The van der Waals surface area contributed by atoms with Gasteiger partial charge >= 0.3 is 19.8 Å². The van der Waals surface area contributed by atoms with Gasteiger partial charge in [-0.25, -0.2) is 9.36 Å². The first-order valence-corrected chi connectivity index (χ1v) is 20.2. The van der Waals surface area contributed by atoms with Crippen molar-refractivity contribution in [3.8, 4) is 0 Å². The first-order valence-electron chi connectivity index (χ1n) is 18.7. The number of phosphoric acid groups is 1. The van der Waals surface area contributed by atoms with Gasteiger partial charge in [-0.1, -0.05) is 129 Å². The zero-order valence-electron chi connectivity index (χ0n) is 30.0. The van der Waals surface area contributed by atoms with Gasteiger partial charge in [-0.3, -0.25) is 18.6 Å². The molecule has 0 aliphatic rings. The molecule has 0 saturated heterocycles. The molecule has 0 aromatic carbocycles. The van der Waals surface area contributed by atoms with Crippen LogP contribution in [0, 0.1) is 0 Å². The number of nitrogens with one attached hydrogen (secondary N) is 1. The summed E-state index contributed by atoms with van der Waals surface area (Å²) in [5, 5.41) is 21.7. The third-order valence-corrected chi connectivity index (χ3v) is 9.01. The number of aliphatic hydroxyl groups is 1. The largest absolute Gasteiger partial charge is 0.480 e. The van der Waals surface area contributed by atoms with E-state index < -0.39 is 57.6 Å². The molecule has 11 nitrogen and oxygen atoms in total. The Morgan fingerprint density at radius 2 is 1.08 bits per heavy atom. The first-order chi connectivity index (χ1) is 23.1.